The Hall–Kier alpha value is -4.60. The van der Waals surface area contributed by atoms with E-state index in [0.717, 1.165) is 33.1 Å². The van der Waals surface area contributed by atoms with E-state index in [1.54, 1.807) is 23.5 Å². The highest BCUT2D eigenvalue weighted by Crippen LogP contribution is 2.29. The lowest BCUT2D eigenvalue weighted by molar-refractivity contribution is -0.000535. The third-order valence-corrected chi connectivity index (χ3v) is 6.55. The molecule has 0 atom stereocenters. The number of benzene rings is 2. The minimum absolute atomic E-state index is 0.177. The van der Waals surface area contributed by atoms with Crippen LogP contribution in [0.1, 0.15) is 31.1 Å². The van der Waals surface area contributed by atoms with Crippen molar-refractivity contribution < 1.29 is 18.7 Å². The van der Waals surface area contributed by atoms with E-state index in [-0.39, 0.29) is 17.9 Å². The first-order chi connectivity index (χ1) is 18.2. The van der Waals surface area contributed by atoms with Gasteiger partial charge >= 0.3 is 6.09 Å². The van der Waals surface area contributed by atoms with E-state index in [1.807, 2.05) is 57.2 Å². The summed E-state index contributed by atoms with van der Waals surface area (Å²) in [5.41, 5.74) is 5.17. The first-order valence-electron chi connectivity index (χ1n) is 12.5. The minimum atomic E-state index is -0.521. The number of carbonyl (C=O) groups is 2. The number of hydrogen-bond donors (Lipinski definition) is 3. The predicted molar refractivity (Wildman–Crippen MR) is 143 cm³/mol. The Labute approximate surface area is 218 Å². The first kappa shape index (κ1) is 23.8. The topological polar surface area (TPSA) is 129 Å². The van der Waals surface area contributed by atoms with Crippen LogP contribution in [-0.2, 0) is 4.74 Å². The second-order valence-corrected chi connectivity index (χ2v) is 10.6. The zero-order valence-corrected chi connectivity index (χ0v) is 21.4. The molecule has 1 aliphatic heterocycles. The Balaban J connectivity index is 1.15. The van der Waals surface area contributed by atoms with E-state index in [1.165, 1.54) is 0 Å². The smallest absolute Gasteiger partial charge is 0.410 e. The maximum absolute atomic E-state index is 12.9. The number of ether oxygens (including phenoxy) is 1. The fraction of sp³-hybridized carbons (Fsp3) is 0.286. The third-order valence-electron chi connectivity index (χ3n) is 6.55. The molecule has 2 amide bonds. The lowest BCUT2D eigenvalue weighted by Crippen LogP contribution is -2.54. The number of H-pyrrole nitrogens is 2. The molecular formula is C28H28N6O4. The van der Waals surface area contributed by atoms with Gasteiger partial charge in [-0.3, -0.25) is 9.89 Å². The fourth-order valence-electron chi connectivity index (χ4n) is 4.58. The summed E-state index contributed by atoms with van der Waals surface area (Å²) in [6, 6.07) is 13.3. The number of nitrogens with zero attached hydrogens (tertiary/aromatic N) is 3. The molecule has 0 aliphatic carbocycles. The van der Waals surface area contributed by atoms with Crippen molar-refractivity contribution in [1.29, 1.82) is 0 Å². The number of furan rings is 1. The number of aromatic amines is 2. The summed E-state index contributed by atoms with van der Waals surface area (Å²) in [6.45, 7) is 7.15. The summed E-state index contributed by atoms with van der Waals surface area (Å²) < 4.78 is 10.6. The van der Waals surface area contributed by atoms with Crippen molar-refractivity contribution >= 4 is 33.9 Å². The first-order valence-corrected chi connectivity index (χ1v) is 12.5. The van der Waals surface area contributed by atoms with E-state index in [4.69, 9.17) is 14.1 Å². The van der Waals surface area contributed by atoms with Crippen molar-refractivity contribution in [3.05, 3.63) is 60.6 Å². The number of imidazole rings is 1. The summed E-state index contributed by atoms with van der Waals surface area (Å²) in [5.74, 6) is 0.635. The molecule has 3 aromatic heterocycles. The standard InChI is InChI=1S/C28H28N6O4/c1-28(2,3)38-27(36)34-13-16(14-34)12-29-26(35)18-5-6-21-20(10-18)24(33-32-21)25-30-22-7-4-17(11-23(22)31-25)19-8-9-37-15-19/h4-11,15-16H,12-14H2,1-3H3,(H,29,35)(H,30,31)(H,32,33). The molecule has 3 N–H and O–H groups in total. The van der Waals surface area contributed by atoms with Crippen LogP contribution < -0.4 is 5.32 Å². The van der Waals surface area contributed by atoms with Crippen LogP contribution in [0.5, 0.6) is 0 Å². The second-order valence-electron chi connectivity index (χ2n) is 10.6. The van der Waals surface area contributed by atoms with Gasteiger partial charge in [-0.05, 0) is 62.7 Å². The molecule has 0 spiro atoms. The molecule has 0 bridgehead atoms. The largest absolute Gasteiger partial charge is 0.472 e. The van der Waals surface area contributed by atoms with Gasteiger partial charge in [-0.1, -0.05) is 6.07 Å². The average Bonchev–Trinajstić information content (AvgIpc) is 3.60. The van der Waals surface area contributed by atoms with E-state index < -0.39 is 5.60 Å². The van der Waals surface area contributed by atoms with Crippen LogP contribution in [-0.4, -0.2) is 62.3 Å². The zero-order chi connectivity index (χ0) is 26.4. The molecule has 2 aromatic carbocycles. The number of rotatable bonds is 5. The molecule has 194 valence electrons. The molecule has 10 nitrogen and oxygen atoms in total. The normalized spacial score (nSPS) is 14.1. The average molecular weight is 513 g/mol. The summed E-state index contributed by atoms with van der Waals surface area (Å²) in [4.78, 5) is 34.8. The molecule has 0 saturated carbocycles. The van der Waals surface area contributed by atoms with Crippen LogP contribution in [0.4, 0.5) is 4.79 Å². The van der Waals surface area contributed by atoms with E-state index >= 15 is 0 Å². The highest BCUT2D eigenvalue weighted by atomic mass is 16.6. The van der Waals surface area contributed by atoms with Gasteiger partial charge in [0.15, 0.2) is 5.82 Å². The quantitative estimate of drug-likeness (QED) is 0.305. The number of fused-ring (bicyclic) bond motifs is 2. The summed E-state index contributed by atoms with van der Waals surface area (Å²) in [5, 5.41) is 11.3. The van der Waals surface area contributed by atoms with Crippen LogP contribution in [0.2, 0.25) is 0 Å². The molecule has 1 saturated heterocycles. The summed E-state index contributed by atoms with van der Waals surface area (Å²) in [7, 11) is 0. The highest BCUT2D eigenvalue weighted by molar-refractivity contribution is 6.01. The number of nitrogens with one attached hydrogen (secondary N) is 3. The molecule has 1 aliphatic rings. The highest BCUT2D eigenvalue weighted by Gasteiger charge is 2.33. The molecule has 4 heterocycles. The van der Waals surface area contributed by atoms with Gasteiger partial charge in [0.25, 0.3) is 5.91 Å². The maximum atomic E-state index is 12.9. The molecule has 5 aromatic rings. The van der Waals surface area contributed by atoms with Crippen molar-refractivity contribution in [1.82, 2.24) is 30.4 Å². The monoisotopic (exact) mass is 512 g/mol. The second kappa shape index (κ2) is 9.05. The Morgan fingerprint density at radius 2 is 1.95 bits per heavy atom. The number of aromatic nitrogens is 4. The third kappa shape index (κ3) is 4.60. The van der Waals surface area contributed by atoms with Crippen LogP contribution in [0, 0.1) is 5.92 Å². The Morgan fingerprint density at radius 3 is 2.71 bits per heavy atom. The number of amides is 2. The van der Waals surface area contributed by atoms with Crippen molar-refractivity contribution in [3.63, 3.8) is 0 Å². The number of carbonyl (C=O) groups excluding carboxylic acids is 2. The van der Waals surface area contributed by atoms with Crippen LogP contribution in [0.15, 0.2) is 59.4 Å². The molecule has 10 heteroatoms. The van der Waals surface area contributed by atoms with Gasteiger partial charge in [-0.25, -0.2) is 9.78 Å². The Bertz CT molecular complexity index is 1640. The van der Waals surface area contributed by atoms with Gasteiger partial charge < -0.3 is 24.4 Å². The van der Waals surface area contributed by atoms with Crippen molar-refractivity contribution in [2.24, 2.45) is 5.92 Å². The van der Waals surface area contributed by atoms with Gasteiger partial charge in [-0.15, -0.1) is 0 Å². The van der Waals surface area contributed by atoms with Crippen molar-refractivity contribution in [2.75, 3.05) is 19.6 Å². The lowest BCUT2D eigenvalue weighted by atomic mass is 10.0. The van der Waals surface area contributed by atoms with Gasteiger partial charge in [0.1, 0.15) is 11.3 Å². The summed E-state index contributed by atoms with van der Waals surface area (Å²) >= 11 is 0. The van der Waals surface area contributed by atoms with Crippen LogP contribution in [0.3, 0.4) is 0 Å². The van der Waals surface area contributed by atoms with Crippen molar-refractivity contribution in [2.45, 2.75) is 26.4 Å². The Kier molecular flexibility index (Phi) is 5.67. The van der Waals surface area contributed by atoms with E-state index in [9.17, 15) is 9.59 Å². The molecular weight excluding hydrogens is 484 g/mol. The molecule has 6 rings (SSSR count). The Morgan fingerprint density at radius 1 is 1.11 bits per heavy atom. The van der Waals surface area contributed by atoms with E-state index in [2.05, 4.69) is 20.5 Å². The molecule has 0 unspecified atom stereocenters. The van der Waals surface area contributed by atoms with Crippen molar-refractivity contribution in [3.8, 4) is 22.6 Å². The lowest BCUT2D eigenvalue weighted by Gasteiger charge is -2.39. The molecule has 1 fully saturated rings. The fourth-order valence-corrected chi connectivity index (χ4v) is 4.58. The maximum Gasteiger partial charge on any atom is 0.410 e. The van der Waals surface area contributed by atoms with Gasteiger partial charge in [0.05, 0.1) is 29.1 Å². The molecule has 0 radical (unpaired) electrons. The van der Waals surface area contributed by atoms with Crippen LogP contribution >= 0.6 is 0 Å². The molecule has 38 heavy (non-hydrogen) atoms. The minimum Gasteiger partial charge on any atom is -0.472 e. The predicted octanol–water partition coefficient (Wildman–Crippen LogP) is 4.96. The number of likely N-dealkylation sites (tertiary alicyclic amines) is 1. The van der Waals surface area contributed by atoms with Gasteiger partial charge in [-0.2, -0.15) is 5.10 Å². The van der Waals surface area contributed by atoms with E-state index in [0.29, 0.717) is 36.7 Å². The zero-order valence-electron chi connectivity index (χ0n) is 21.4. The van der Waals surface area contributed by atoms with Gasteiger partial charge in [0.2, 0.25) is 0 Å². The SMILES string of the molecule is CC(C)(C)OC(=O)N1CC(CNC(=O)c2ccc3[nH]nc(-c4nc5ccc(-c6ccoc6)cc5[nH]4)c3c2)C1. The van der Waals surface area contributed by atoms with Gasteiger partial charge in [0, 0.05) is 42.1 Å². The number of hydrogen-bond acceptors (Lipinski definition) is 6. The van der Waals surface area contributed by atoms with Crippen LogP contribution in [0.25, 0.3) is 44.6 Å². The summed E-state index contributed by atoms with van der Waals surface area (Å²) in [6.07, 6.45) is 3.03.